The van der Waals surface area contributed by atoms with Gasteiger partial charge in [-0.25, -0.2) is 0 Å². The number of halogens is 1. The molecule has 1 saturated heterocycles. The predicted molar refractivity (Wildman–Crippen MR) is 56.4 cm³/mol. The van der Waals surface area contributed by atoms with Crippen LogP contribution in [0.15, 0.2) is 22.7 Å². The number of ether oxygens (including phenoxy) is 2. The summed E-state index contributed by atoms with van der Waals surface area (Å²) < 4.78 is 12.4. The summed E-state index contributed by atoms with van der Waals surface area (Å²) in [6.07, 6.45) is -0.0469. The molecule has 3 rings (SSSR count). The standard InChI is InChI=1S/C11H11BrO2/c1-6-5-13-11-10(6)8-4-7(12)2-3-9(8)14-11/h2-4,6,10-11H,5H2,1H3/t6-,10-,11+/m0/s1. The van der Waals surface area contributed by atoms with Gasteiger partial charge in [-0.2, -0.15) is 0 Å². The van der Waals surface area contributed by atoms with Gasteiger partial charge in [0, 0.05) is 10.0 Å². The zero-order chi connectivity index (χ0) is 9.71. The summed E-state index contributed by atoms with van der Waals surface area (Å²) in [5.41, 5.74) is 1.29. The quantitative estimate of drug-likeness (QED) is 0.709. The zero-order valence-corrected chi connectivity index (χ0v) is 9.45. The van der Waals surface area contributed by atoms with Crippen LogP contribution in [-0.2, 0) is 4.74 Å². The second kappa shape index (κ2) is 2.97. The van der Waals surface area contributed by atoms with E-state index >= 15 is 0 Å². The molecule has 0 spiro atoms. The lowest BCUT2D eigenvalue weighted by molar-refractivity contribution is -0.0340. The van der Waals surface area contributed by atoms with Gasteiger partial charge in [-0.1, -0.05) is 22.9 Å². The minimum atomic E-state index is -0.0469. The van der Waals surface area contributed by atoms with Crippen molar-refractivity contribution in [3.8, 4) is 5.75 Å². The molecule has 3 heteroatoms. The lowest BCUT2D eigenvalue weighted by Crippen LogP contribution is -2.15. The molecule has 2 aliphatic heterocycles. The van der Waals surface area contributed by atoms with E-state index in [1.807, 2.05) is 12.1 Å². The van der Waals surface area contributed by atoms with Crippen LogP contribution >= 0.6 is 15.9 Å². The molecule has 0 saturated carbocycles. The van der Waals surface area contributed by atoms with Gasteiger partial charge in [0.1, 0.15) is 5.75 Å². The first-order valence-corrected chi connectivity index (χ1v) is 5.63. The Bertz CT molecular complexity index is 378. The van der Waals surface area contributed by atoms with Gasteiger partial charge in [0.05, 0.1) is 12.5 Å². The first-order valence-electron chi connectivity index (χ1n) is 4.83. The SMILES string of the molecule is C[C@H]1CO[C@@H]2Oc3ccc(Br)cc3[C@@H]21. The molecule has 0 aliphatic carbocycles. The van der Waals surface area contributed by atoms with Crippen LogP contribution in [0.1, 0.15) is 18.4 Å². The van der Waals surface area contributed by atoms with Crippen LogP contribution in [0.25, 0.3) is 0 Å². The summed E-state index contributed by atoms with van der Waals surface area (Å²) in [6, 6.07) is 6.16. The van der Waals surface area contributed by atoms with Gasteiger partial charge in [0.2, 0.25) is 6.29 Å². The molecule has 2 aliphatic rings. The van der Waals surface area contributed by atoms with Gasteiger partial charge < -0.3 is 9.47 Å². The molecule has 14 heavy (non-hydrogen) atoms. The molecule has 0 aromatic heterocycles. The molecular formula is C11H11BrO2. The Morgan fingerprint density at radius 2 is 2.29 bits per heavy atom. The van der Waals surface area contributed by atoms with Crippen molar-refractivity contribution < 1.29 is 9.47 Å². The summed E-state index contributed by atoms with van der Waals surface area (Å²) in [5, 5.41) is 0. The molecule has 0 radical (unpaired) electrons. The second-order valence-corrected chi connectivity index (χ2v) is 4.92. The van der Waals surface area contributed by atoms with E-state index in [1.54, 1.807) is 0 Å². The first kappa shape index (κ1) is 8.74. The average Bonchev–Trinajstić information content (AvgIpc) is 2.67. The molecule has 0 bridgehead atoms. The number of rotatable bonds is 0. The summed E-state index contributed by atoms with van der Waals surface area (Å²) in [6.45, 7) is 3.02. The molecule has 1 aromatic rings. The van der Waals surface area contributed by atoms with Crippen LogP contribution in [0.5, 0.6) is 5.75 Å². The maximum absolute atomic E-state index is 5.71. The van der Waals surface area contributed by atoms with Crippen LogP contribution in [0, 0.1) is 5.92 Å². The Balaban J connectivity index is 2.09. The molecule has 2 heterocycles. The van der Waals surface area contributed by atoms with Gasteiger partial charge >= 0.3 is 0 Å². The van der Waals surface area contributed by atoms with Gasteiger partial charge in [-0.05, 0) is 24.1 Å². The Morgan fingerprint density at radius 3 is 3.14 bits per heavy atom. The van der Waals surface area contributed by atoms with Crippen LogP contribution in [-0.4, -0.2) is 12.9 Å². The fourth-order valence-electron chi connectivity index (χ4n) is 2.29. The van der Waals surface area contributed by atoms with Crippen LogP contribution in [0.2, 0.25) is 0 Å². The molecule has 2 nitrogen and oxygen atoms in total. The summed E-state index contributed by atoms with van der Waals surface area (Å²) in [5.74, 6) is 1.95. The van der Waals surface area contributed by atoms with Crippen molar-refractivity contribution in [2.45, 2.75) is 19.1 Å². The Labute approximate surface area is 91.3 Å². The average molecular weight is 255 g/mol. The molecule has 3 atom stereocenters. The number of fused-ring (bicyclic) bond motifs is 3. The third kappa shape index (κ3) is 1.12. The highest BCUT2D eigenvalue weighted by atomic mass is 79.9. The number of hydrogen-bond donors (Lipinski definition) is 0. The fraction of sp³-hybridized carbons (Fsp3) is 0.455. The minimum Gasteiger partial charge on any atom is -0.464 e. The summed E-state index contributed by atoms with van der Waals surface area (Å²) >= 11 is 3.49. The summed E-state index contributed by atoms with van der Waals surface area (Å²) in [4.78, 5) is 0. The second-order valence-electron chi connectivity index (χ2n) is 4.00. The van der Waals surface area contributed by atoms with Crippen molar-refractivity contribution in [1.82, 2.24) is 0 Å². The smallest absolute Gasteiger partial charge is 0.207 e. The van der Waals surface area contributed by atoms with E-state index in [9.17, 15) is 0 Å². The normalized spacial score (nSPS) is 33.7. The third-order valence-corrected chi connectivity index (χ3v) is 3.50. The van der Waals surface area contributed by atoms with E-state index in [0.29, 0.717) is 11.8 Å². The summed E-state index contributed by atoms with van der Waals surface area (Å²) in [7, 11) is 0. The molecule has 1 aromatic carbocycles. The molecule has 0 amide bonds. The monoisotopic (exact) mass is 254 g/mol. The Hall–Kier alpha value is -0.540. The maximum Gasteiger partial charge on any atom is 0.207 e. The minimum absolute atomic E-state index is 0.0469. The van der Waals surface area contributed by atoms with Crippen molar-refractivity contribution in [1.29, 1.82) is 0 Å². The van der Waals surface area contributed by atoms with Gasteiger partial charge in [-0.15, -0.1) is 0 Å². The van der Waals surface area contributed by atoms with E-state index in [1.165, 1.54) is 5.56 Å². The first-order chi connectivity index (χ1) is 6.75. The fourth-order valence-corrected chi connectivity index (χ4v) is 2.67. The largest absolute Gasteiger partial charge is 0.464 e. The molecule has 1 fully saturated rings. The lowest BCUT2D eigenvalue weighted by atomic mass is 9.90. The van der Waals surface area contributed by atoms with Gasteiger partial charge in [0.25, 0.3) is 0 Å². The van der Waals surface area contributed by atoms with E-state index in [4.69, 9.17) is 9.47 Å². The van der Waals surface area contributed by atoms with Crippen molar-refractivity contribution >= 4 is 15.9 Å². The third-order valence-electron chi connectivity index (χ3n) is 3.00. The lowest BCUT2D eigenvalue weighted by Gasteiger charge is -2.09. The molecule has 0 N–H and O–H groups in total. The van der Waals surface area contributed by atoms with Crippen LogP contribution in [0.4, 0.5) is 0 Å². The number of benzene rings is 1. The van der Waals surface area contributed by atoms with E-state index in [0.717, 1.165) is 16.8 Å². The van der Waals surface area contributed by atoms with Crippen molar-refractivity contribution in [3.63, 3.8) is 0 Å². The van der Waals surface area contributed by atoms with E-state index in [2.05, 4.69) is 28.9 Å². The Morgan fingerprint density at radius 1 is 1.43 bits per heavy atom. The maximum atomic E-state index is 5.71. The highest BCUT2D eigenvalue weighted by molar-refractivity contribution is 9.10. The van der Waals surface area contributed by atoms with Crippen LogP contribution < -0.4 is 4.74 Å². The molecule has 0 unspecified atom stereocenters. The number of hydrogen-bond acceptors (Lipinski definition) is 2. The zero-order valence-electron chi connectivity index (χ0n) is 7.87. The van der Waals surface area contributed by atoms with Gasteiger partial charge in [-0.3, -0.25) is 0 Å². The van der Waals surface area contributed by atoms with Crippen molar-refractivity contribution in [2.24, 2.45) is 5.92 Å². The van der Waals surface area contributed by atoms with E-state index in [-0.39, 0.29) is 6.29 Å². The highest BCUT2D eigenvalue weighted by Crippen LogP contribution is 2.47. The Kier molecular flexibility index (Phi) is 1.86. The molecule has 74 valence electrons. The highest BCUT2D eigenvalue weighted by Gasteiger charge is 2.43. The van der Waals surface area contributed by atoms with Crippen molar-refractivity contribution in [2.75, 3.05) is 6.61 Å². The van der Waals surface area contributed by atoms with Gasteiger partial charge in [0.15, 0.2) is 0 Å². The van der Waals surface area contributed by atoms with Crippen molar-refractivity contribution in [3.05, 3.63) is 28.2 Å². The predicted octanol–water partition coefficient (Wildman–Crippen LogP) is 2.92. The van der Waals surface area contributed by atoms with E-state index < -0.39 is 0 Å². The molecular weight excluding hydrogens is 244 g/mol. The van der Waals surface area contributed by atoms with Crippen LogP contribution in [0.3, 0.4) is 0 Å². The topological polar surface area (TPSA) is 18.5 Å².